The molecule has 2 N–H and O–H groups in total. The van der Waals surface area contributed by atoms with Crippen LogP contribution in [-0.2, 0) is 22.6 Å². The summed E-state index contributed by atoms with van der Waals surface area (Å²) in [5, 5.41) is 0. The molecular formula is C16H23FN2O2. The number of piperidine rings is 1. The normalized spacial score (nSPS) is 19.5. The van der Waals surface area contributed by atoms with Crippen molar-refractivity contribution < 1.29 is 13.9 Å². The Bertz CT molecular complexity index is 493. The Morgan fingerprint density at radius 3 is 2.90 bits per heavy atom. The molecule has 1 aromatic rings. The van der Waals surface area contributed by atoms with Crippen LogP contribution in [0.15, 0.2) is 18.2 Å². The molecule has 21 heavy (non-hydrogen) atoms. The minimum Gasteiger partial charge on any atom is -0.469 e. The van der Waals surface area contributed by atoms with Crippen LogP contribution >= 0.6 is 0 Å². The van der Waals surface area contributed by atoms with Crippen molar-refractivity contribution in [1.82, 2.24) is 4.90 Å². The zero-order valence-corrected chi connectivity index (χ0v) is 12.5. The molecule has 0 bridgehead atoms. The highest BCUT2D eigenvalue weighted by molar-refractivity contribution is 5.69. The minimum atomic E-state index is -0.220. The van der Waals surface area contributed by atoms with E-state index in [1.807, 2.05) is 6.07 Å². The predicted molar refractivity (Wildman–Crippen MR) is 79.0 cm³/mol. The molecule has 1 aliphatic heterocycles. The van der Waals surface area contributed by atoms with E-state index in [0.717, 1.165) is 25.8 Å². The summed E-state index contributed by atoms with van der Waals surface area (Å²) in [6, 6.07) is 5.46. The van der Waals surface area contributed by atoms with Gasteiger partial charge in [0.15, 0.2) is 0 Å². The molecule has 0 spiro atoms. The average molecular weight is 294 g/mol. The summed E-state index contributed by atoms with van der Waals surface area (Å²) in [6.07, 6.45) is 3.50. The van der Waals surface area contributed by atoms with E-state index in [1.165, 1.54) is 7.11 Å². The summed E-state index contributed by atoms with van der Waals surface area (Å²) >= 11 is 0. The molecule has 1 saturated heterocycles. The second-order valence-electron chi connectivity index (χ2n) is 5.49. The molecule has 0 aliphatic carbocycles. The molecule has 1 fully saturated rings. The number of nitrogens with zero attached hydrogens (tertiary/aromatic N) is 1. The molecule has 1 aliphatic rings. The van der Waals surface area contributed by atoms with E-state index in [9.17, 15) is 9.18 Å². The summed E-state index contributed by atoms with van der Waals surface area (Å²) in [6.45, 7) is 1.60. The maximum Gasteiger partial charge on any atom is 0.307 e. The van der Waals surface area contributed by atoms with E-state index >= 15 is 0 Å². The first kappa shape index (κ1) is 15.9. The largest absolute Gasteiger partial charge is 0.469 e. The van der Waals surface area contributed by atoms with Crippen LogP contribution < -0.4 is 5.73 Å². The number of benzene rings is 1. The molecule has 0 amide bonds. The highest BCUT2D eigenvalue weighted by Crippen LogP contribution is 2.24. The monoisotopic (exact) mass is 294 g/mol. The van der Waals surface area contributed by atoms with Crippen LogP contribution in [0, 0.1) is 5.82 Å². The van der Waals surface area contributed by atoms with Gasteiger partial charge in [-0.1, -0.05) is 24.6 Å². The summed E-state index contributed by atoms with van der Waals surface area (Å²) in [7, 11) is 1.40. The Balaban J connectivity index is 2.10. The maximum atomic E-state index is 14.3. The van der Waals surface area contributed by atoms with E-state index in [0.29, 0.717) is 24.1 Å². The fourth-order valence-corrected chi connectivity index (χ4v) is 2.91. The number of hydrogen-bond acceptors (Lipinski definition) is 4. The molecule has 1 aromatic carbocycles. The fourth-order valence-electron chi connectivity index (χ4n) is 2.91. The average Bonchev–Trinajstić information content (AvgIpc) is 2.51. The molecule has 5 heteroatoms. The van der Waals surface area contributed by atoms with Crippen LogP contribution in [-0.4, -0.2) is 30.6 Å². The highest BCUT2D eigenvalue weighted by Gasteiger charge is 2.26. The number of esters is 1. The molecule has 1 unspecified atom stereocenters. The first-order valence-electron chi connectivity index (χ1n) is 7.43. The number of ether oxygens (including phenoxy) is 1. The van der Waals surface area contributed by atoms with Crippen LogP contribution in [0.3, 0.4) is 0 Å². The Morgan fingerprint density at radius 1 is 1.43 bits per heavy atom. The zero-order valence-electron chi connectivity index (χ0n) is 12.5. The van der Waals surface area contributed by atoms with Gasteiger partial charge in [0.05, 0.1) is 13.5 Å². The lowest BCUT2D eigenvalue weighted by Crippen LogP contribution is -2.40. The lowest BCUT2D eigenvalue weighted by Gasteiger charge is -2.35. The third kappa shape index (κ3) is 4.02. The van der Waals surface area contributed by atoms with Gasteiger partial charge in [-0.3, -0.25) is 9.69 Å². The number of nitrogens with two attached hydrogens (primary N) is 1. The van der Waals surface area contributed by atoms with E-state index in [1.54, 1.807) is 12.1 Å². The SMILES string of the molecule is COC(=O)CC1CCCCN1Cc1cccc(CN)c1F. The molecular weight excluding hydrogens is 271 g/mol. The van der Waals surface area contributed by atoms with Gasteiger partial charge in [0.2, 0.25) is 0 Å². The number of hydrogen-bond donors (Lipinski definition) is 1. The lowest BCUT2D eigenvalue weighted by molar-refractivity contribution is -0.142. The van der Waals surface area contributed by atoms with Gasteiger partial charge < -0.3 is 10.5 Å². The van der Waals surface area contributed by atoms with Gasteiger partial charge in [0, 0.05) is 30.3 Å². The van der Waals surface area contributed by atoms with E-state index in [4.69, 9.17) is 10.5 Å². The van der Waals surface area contributed by atoms with E-state index in [-0.39, 0.29) is 24.4 Å². The van der Waals surface area contributed by atoms with Gasteiger partial charge in [0.1, 0.15) is 5.82 Å². The third-order valence-electron chi connectivity index (χ3n) is 4.13. The zero-order chi connectivity index (χ0) is 15.2. The standard InChI is InChI=1S/C16H23FN2O2/c1-21-15(20)9-14-7-2-3-8-19(14)11-13-6-4-5-12(10-18)16(13)17/h4-6,14H,2-3,7-11,18H2,1H3. The van der Waals surface area contributed by atoms with E-state index in [2.05, 4.69) is 4.90 Å². The number of carbonyl (C=O) groups excluding carboxylic acids is 1. The Labute approximate surface area is 125 Å². The number of methoxy groups -OCH3 is 1. The smallest absolute Gasteiger partial charge is 0.307 e. The Kier molecular flexibility index (Phi) is 5.70. The second-order valence-corrected chi connectivity index (χ2v) is 5.49. The van der Waals surface area contributed by atoms with Gasteiger partial charge >= 0.3 is 5.97 Å². The fraction of sp³-hybridized carbons (Fsp3) is 0.562. The molecule has 1 atom stereocenters. The van der Waals surface area contributed by atoms with Crippen molar-refractivity contribution in [2.24, 2.45) is 5.73 Å². The lowest BCUT2D eigenvalue weighted by atomic mass is 9.98. The van der Waals surface area contributed by atoms with Gasteiger partial charge in [-0.2, -0.15) is 0 Å². The van der Waals surface area contributed by atoms with Crippen molar-refractivity contribution in [3.63, 3.8) is 0 Å². The van der Waals surface area contributed by atoms with Gasteiger partial charge in [0.25, 0.3) is 0 Å². The maximum absolute atomic E-state index is 14.3. The molecule has 0 saturated carbocycles. The van der Waals surface area contributed by atoms with Gasteiger partial charge in [-0.05, 0) is 19.4 Å². The topological polar surface area (TPSA) is 55.6 Å². The number of rotatable bonds is 5. The van der Waals surface area contributed by atoms with Crippen LogP contribution in [0.25, 0.3) is 0 Å². The van der Waals surface area contributed by atoms with Crippen LogP contribution in [0.2, 0.25) is 0 Å². The van der Waals surface area contributed by atoms with Crippen molar-refractivity contribution in [2.75, 3.05) is 13.7 Å². The van der Waals surface area contributed by atoms with Crippen molar-refractivity contribution in [3.05, 3.63) is 35.1 Å². The van der Waals surface area contributed by atoms with Crippen LogP contribution in [0.4, 0.5) is 4.39 Å². The van der Waals surface area contributed by atoms with Gasteiger partial charge in [-0.15, -0.1) is 0 Å². The first-order chi connectivity index (χ1) is 10.2. The number of carbonyl (C=O) groups is 1. The number of halogens is 1. The molecule has 0 aromatic heterocycles. The minimum absolute atomic E-state index is 0.132. The Hall–Kier alpha value is -1.46. The van der Waals surface area contributed by atoms with Crippen molar-refractivity contribution in [2.45, 2.75) is 44.8 Å². The van der Waals surface area contributed by atoms with E-state index < -0.39 is 0 Å². The molecule has 1 heterocycles. The first-order valence-corrected chi connectivity index (χ1v) is 7.43. The quantitative estimate of drug-likeness (QED) is 0.846. The molecule has 0 radical (unpaired) electrons. The number of likely N-dealkylation sites (tertiary alicyclic amines) is 1. The summed E-state index contributed by atoms with van der Waals surface area (Å²) < 4.78 is 19.0. The summed E-state index contributed by atoms with van der Waals surface area (Å²) in [4.78, 5) is 13.7. The molecule has 2 rings (SSSR count). The van der Waals surface area contributed by atoms with Crippen molar-refractivity contribution in [3.8, 4) is 0 Å². The van der Waals surface area contributed by atoms with Gasteiger partial charge in [-0.25, -0.2) is 4.39 Å². The van der Waals surface area contributed by atoms with Crippen LogP contribution in [0.5, 0.6) is 0 Å². The predicted octanol–water partition coefficient (Wildman–Crippen LogP) is 2.20. The van der Waals surface area contributed by atoms with Crippen molar-refractivity contribution in [1.29, 1.82) is 0 Å². The summed E-state index contributed by atoms with van der Waals surface area (Å²) in [5.74, 6) is -0.425. The Morgan fingerprint density at radius 2 is 2.19 bits per heavy atom. The third-order valence-corrected chi connectivity index (χ3v) is 4.13. The molecule has 4 nitrogen and oxygen atoms in total. The van der Waals surface area contributed by atoms with Crippen molar-refractivity contribution >= 4 is 5.97 Å². The summed E-state index contributed by atoms with van der Waals surface area (Å²) in [5.41, 5.74) is 6.73. The van der Waals surface area contributed by atoms with Crippen LogP contribution in [0.1, 0.15) is 36.8 Å². The highest BCUT2D eigenvalue weighted by atomic mass is 19.1. The molecule has 116 valence electrons. The second kappa shape index (κ2) is 7.52.